The maximum absolute atomic E-state index is 6.56. The summed E-state index contributed by atoms with van der Waals surface area (Å²) >= 11 is 6.56. The number of hydrogen-bond acceptors (Lipinski definition) is 7. The average molecular weight is 559 g/mol. The molecular formula is C32H23ClN6O2. The molecule has 9 heteroatoms. The van der Waals surface area contributed by atoms with Crippen molar-refractivity contribution in [1.29, 1.82) is 0 Å². The van der Waals surface area contributed by atoms with Gasteiger partial charge in [-0.05, 0) is 61.0 Å². The molecule has 4 heterocycles. The fourth-order valence-electron chi connectivity index (χ4n) is 5.65. The number of ether oxygens (including phenoxy) is 2. The third-order valence-electron chi connectivity index (χ3n) is 7.44. The molecule has 1 aromatic heterocycles. The van der Waals surface area contributed by atoms with E-state index in [0.29, 0.717) is 22.4 Å². The van der Waals surface area contributed by atoms with Gasteiger partial charge in [0.15, 0.2) is 29.0 Å². The molecule has 5 aromatic rings. The van der Waals surface area contributed by atoms with Crippen molar-refractivity contribution in [3.8, 4) is 17.2 Å². The largest absolute Gasteiger partial charge is 0.454 e. The van der Waals surface area contributed by atoms with Gasteiger partial charge in [-0.2, -0.15) is 5.10 Å². The number of nitrogens with one attached hydrogen (secondary N) is 1. The molecule has 3 aliphatic heterocycles. The summed E-state index contributed by atoms with van der Waals surface area (Å²) in [5, 5.41) is 9.16. The van der Waals surface area contributed by atoms with Gasteiger partial charge < -0.3 is 19.7 Å². The molecule has 8 rings (SSSR count). The van der Waals surface area contributed by atoms with Gasteiger partial charge in [0.25, 0.3) is 0 Å². The minimum Gasteiger partial charge on any atom is -0.454 e. The monoisotopic (exact) mass is 558 g/mol. The molecule has 1 unspecified atom stereocenters. The maximum atomic E-state index is 6.56. The number of halogens is 1. The number of aryl methyl sites for hydroxylation is 1. The number of hydrogen-bond donors (Lipinski definition) is 1. The molecule has 0 amide bonds. The highest BCUT2D eigenvalue weighted by Gasteiger charge is 2.41. The van der Waals surface area contributed by atoms with E-state index in [0.717, 1.165) is 51.1 Å². The molecule has 1 atom stereocenters. The first kappa shape index (κ1) is 23.8. The summed E-state index contributed by atoms with van der Waals surface area (Å²) in [7, 11) is 0. The van der Waals surface area contributed by atoms with Gasteiger partial charge >= 0.3 is 0 Å². The van der Waals surface area contributed by atoms with Gasteiger partial charge in [0.1, 0.15) is 0 Å². The van der Waals surface area contributed by atoms with Crippen molar-refractivity contribution < 1.29 is 9.47 Å². The van der Waals surface area contributed by atoms with Gasteiger partial charge in [-0.25, -0.2) is 14.7 Å². The highest BCUT2D eigenvalue weighted by Crippen LogP contribution is 2.48. The van der Waals surface area contributed by atoms with E-state index in [4.69, 9.17) is 36.2 Å². The SMILES string of the molecule is Cc1nn(-c2ccccc2)c2c1C(c1cccc(Cl)c1)N1C(=N2)C(Nc2ccc3c(c2)OCO3)=Nc2ccccc21. The number of aliphatic imine (C=N–C) groups is 2. The van der Waals surface area contributed by atoms with E-state index in [9.17, 15) is 0 Å². The Hall–Kier alpha value is -5.08. The molecule has 8 nitrogen and oxygen atoms in total. The summed E-state index contributed by atoms with van der Waals surface area (Å²) in [6.45, 7) is 2.24. The summed E-state index contributed by atoms with van der Waals surface area (Å²) in [6, 6.07) is 31.6. The van der Waals surface area contributed by atoms with Crippen LogP contribution in [0.4, 0.5) is 22.9 Å². The quantitative estimate of drug-likeness (QED) is 0.250. The first-order valence-corrected chi connectivity index (χ1v) is 13.6. The van der Waals surface area contributed by atoms with Crippen LogP contribution in [0.15, 0.2) is 107 Å². The molecule has 0 saturated carbocycles. The first-order chi connectivity index (χ1) is 20.1. The minimum atomic E-state index is -0.251. The van der Waals surface area contributed by atoms with Crippen LogP contribution in [0, 0.1) is 6.92 Å². The lowest BCUT2D eigenvalue weighted by atomic mass is 9.93. The molecule has 0 bridgehead atoms. The Kier molecular flexibility index (Phi) is 5.36. The number of amidine groups is 2. The van der Waals surface area contributed by atoms with E-state index in [1.54, 1.807) is 0 Å². The topological polar surface area (TPSA) is 76.3 Å². The molecular weight excluding hydrogens is 536 g/mol. The number of aromatic nitrogens is 2. The van der Waals surface area contributed by atoms with E-state index in [1.165, 1.54) is 0 Å². The van der Waals surface area contributed by atoms with Crippen molar-refractivity contribution in [3.05, 3.63) is 119 Å². The number of para-hydroxylation sites is 3. The lowest BCUT2D eigenvalue weighted by Gasteiger charge is -2.40. The van der Waals surface area contributed by atoms with Crippen molar-refractivity contribution in [2.24, 2.45) is 9.98 Å². The van der Waals surface area contributed by atoms with E-state index >= 15 is 0 Å². The molecule has 0 saturated heterocycles. The summed E-state index contributed by atoms with van der Waals surface area (Å²) in [4.78, 5) is 12.6. The van der Waals surface area contributed by atoms with Crippen LogP contribution in [-0.4, -0.2) is 28.2 Å². The molecule has 0 fully saturated rings. The van der Waals surface area contributed by atoms with Crippen LogP contribution in [0.1, 0.15) is 22.9 Å². The normalized spacial score (nSPS) is 16.3. The molecule has 0 aliphatic carbocycles. The fourth-order valence-corrected chi connectivity index (χ4v) is 5.85. The summed E-state index contributed by atoms with van der Waals surface area (Å²) < 4.78 is 13.0. The van der Waals surface area contributed by atoms with E-state index in [-0.39, 0.29) is 12.8 Å². The molecule has 200 valence electrons. The standard InChI is InChI=1S/C32H23ClN6O2/c1-19-28-29(20-8-7-9-21(33)16-20)38-25-13-6-5-12-24(25)35-30(34-22-14-15-26-27(17-22)41-18-40-26)32(38)36-31(28)39(37-19)23-10-3-2-4-11-23/h2-17,29H,18H2,1H3,(H,34,35). The Morgan fingerprint density at radius 2 is 1.68 bits per heavy atom. The summed E-state index contributed by atoms with van der Waals surface area (Å²) in [6.07, 6.45) is 0. The third-order valence-corrected chi connectivity index (χ3v) is 7.67. The molecule has 1 N–H and O–H groups in total. The molecule has 0 radical (unpaired) electrons. The summed E-state index contributed by atoms with van der Waals surface area (Å²) in [5.74, 6) is 3.45. The second-order valence-corrected chi connectivity index (χ2v) is 10.4. The van der Waals surface area contributed by atoms with E-state index < -0.39 is 0 Å². The van der Waals surface area contributed by atoms with Crippen LogP contribution in [0.5, 0.6) is 11.5 Å². The van der Waals surface area contributed by atoms with Gasteiger partial charge in [-0.1, -0.05) is 54.1 Å². The second kappa shape index (κ2) is 9.25. The Morgan fingerprint density at radius 1 is 0.854 bits per heavy atom. The Morgan fingerprint density at radius 3 is 2.56 bits per heavy atom. The van der Waals surface area contributed by atoms with Crippen molar-refractivity contribution in [1.82, 2.24) is 9.78 Å². The van der Waals surface area contributed by atoms with Gasteiger partial charge in [0.05, 0.1) is 28.8 Å². The van der Waals surface area contributed by atoms with Crippen molar-refractivity contribution in [2.45, 2.75) is 13.0 Å². The van der Waals surface area contributed by atoms with Gasteiger partial charge in [-0.3, -0.25) is 0 Å². The van der Waals surface area contributed by atoms with Crippen molar-refractivity contribution in [3.63, 3.8) is 0 Å². The van der Waals surface area contributed by atoms with Crippen molar-refractivity contribution >= 4 is 46.2 Å². The number of nitrogens with zero attached hydrogens (tertiary/aromatic N) is 5. The fraction of sp³-hybridized carbons (Fsp3) is 0.0938. The van der Waals surface area contributed by atoms with Crippen LogP contribution in [0.3, 0.4) is 0 Å². The zero-order valence-electron chi connectivity index (χ0n) is 22.0. The van der Waals surface area contributed by atoms with Gasteiger partial charge in [0, 0.05) is 22.3 Å². The Labute approximate surface area is 241 Å². The number of anilines is 2. The van der Waals surface area contributed by atoms with Crippen LogP contribution < -0.4 is 19.7 Å². The zero-order valence-corrected chi connectivity index (χ0v) is 22.7. The lowest BCUT2D eigenvalue weighted by molar-refractivity contribution is 0.174. The predicted molar refractivity (Wildman–Crippen MR) is 161 cm³/mol. The number of benzene rings is 4. The van der Waals surface area contributed by atoms with Crippen LogP contribution in [-0.2, 0) is 0 Å². The van der Waals surface area contributed by atoms with Gasteiger partial charge in [0.2, 0.25) is 6.79 Å². The lowest BCUT2D eigenvalue weighted by Crippen LogP contribution is -2.46. The molecule has 3 aliphatic rings. The van der Waals surface area contributed by atoms with Crippen LogP contribution in [0.25, 0.3) is 5.69 Å². The summed E-state index contributed by atoms with van der Waals surface area (Å²) in [5.41, 5.74) is 6.45. The van der Waals surface area contributed by atoms with E-state index in [2.05, 4.69) is 22.3 Å². The second-order valence-electron chi connectivity index (χ2n) is 9.98. The average Bonchev–Trinajstić information content (AvgIpc) is 3.60. The zero-order chi connectivity index (χ0) is 27.5. The smallest absolute Gasteiger partial charge is 0.231 e. The van der Waals surface area contributed by atoms with Gasteiger partial charge in [-0.15, -0.1) is 0 Å². The maximum Gasteiger partial charge on any atom is 0.231 e. The number of rotatable bonds is 3. The Balaban J connectivity index is 1.37. The van der Waals surface area contributed by atoms with Crippen molar-refractivity contribution in [2.75, 3.05) is 17.0 Å². The molecule has 4 aromatic carbocycles. The highest BCUT2D eigenvalue weighted by atomic mass is 35.5. The third kappa shape index (κ3) is 3.87. The highest BCUT2D eigenvalue weighted by molar-refractivity contribution is 6.51. The first-order valence-electron chi connectivity index (χ1n) is 13.3. The molecule has 0 spiro atoms. The van der Waals surface area contributed by atoms with Crippen LogP contribution in [0.2, 0.25) is 5.02 Å². The minimum absolute atomic E-state index is 0.209. The van der Waals surface area contributed by atoms with E-state index in [1.807, 2.05) is 96.5 Å². The number of fused-ring (bicyclic) bond motifs is 5. The molecule has 41 heavy (non-hydrogen) atoms. The van der Waals surface area contributed by atoms with Crippen LogP contribution >= 0.6 is 11.6 Å². The predicted octanol–water partition coefficient (Wildman–Crippen LogP) is 7.36. The Bertz CT molecular complexity index is 1900.